The van der Waals surface area contributed by atoms with E-state index in [4.69, 9.17) is 0 Å². The van der Waals surface area contributed by atoms with Gasteiger partial charge in [0.1, 0.15) is 16.9 Å². The van der Waals surface area contributed by atoms with Crippen LogP contribution in [0, 0.1) is 5.82 Å². The Labute approximate surface area is 157 Å². The molecule has 2 aromatic rings. The second kappa shape index (κ2) is 8.01. The minimum absolute atomic E-state index is 0.0477. The van der Waals surface area contributed by atoms with Crippen LogP contribution in [0.15, 0.2) is 47.5 Å². The highest BCUT2D eigenvalue weighted by Crippen LogP contribution is 2.20. The van der Waals surface area contributed by atoms with Gasteiger partial charge in [-0.2, -0.15) is 4.31 Å². The number of pyridine rings is 1. The van der Waals surface area contributed by atoms with Gasteiger partial charge in [-0.15, -0.1) is 0 Å². The summed E-state index contributed by atoms with van der Waals surface area (Å²) < 4.78 is 39.4. The van der Waals surface area contributed by atoms with E-state index in [2.05, 4.69) is 10.3 Å². The second-order valence-corrected chi connectivity index (χ2v) is 8.37. The topological polar surface area (TPSA) is 83.9 Å². The van der Waals surface area contributed by atoms with E-state index in [9.17, 15) is 17.6 Å². The lowest BCUT2D eigenvalue weighted by atomic mass is 10.3. The first-order valence-corrected chi connectivity index (χ1v) is 10.1. The Hall–Kier alpha value is -2.52. The Kier molecular flexibility index (Phi) is 5.71. The molecule has 0 unspecified atom stereocenters. The minimum Gasteiger partial charge on any atom is -0.323 e. The molecule has 2 heterocycles. The largest absolute Gasteiger partial charge is 0.323 e. The van der Waals surface area contributed by atoms with Gasteiger partial charge in [-0.25, -0.2) is 17.8 Å². The molecule has 7 nitrogen and oxygen atoms in total. The number of nitrogens with zero attached hydrogens (tertiary/aromatic N) is 2. The molecule has 27 heavy (non-hydrogen) atoms. The zero-order valence-corrected chi connectivity index (χ0v) is 15.8. The molecule has 0 atom stereocenters. The third-order valence-electron chi connectivity index (χ3n) is 4.39. The van der Waals surface area contributed by atoms with Crippen molar-refractivity contribution < 1.29 is 22.6 Å². The lowest BCUT2D eigenvalue weighted by molar-refractivity contribution is -0.366. The summed E-state index contributed by atoms with van der Waals surface area (Å²) in [5, 5.41) is 2.68. The third-order valence-corrected chi connectivity index (χ3v) is 6.29. The average Bonchev–Trinajstić information content (AvgIpc) is 3.19. The Morgan fingerprint density at radius 3 is 2.44 bits per heavy atom. The fourth-order valence-electron chi connectivity index (χ4n) is 2.91. The van der Waals surface area contributed by atoms with E-state index >= 15 is 0 Å². The van der Waals surface area contributed by atoms with Crippen molar-refractivity contribution in [1.29, 1.82) is 0 Å². The van der Waals surface area contributed by atoms with Crippen LogP contribution in [0.4, 0.5) is 15.9 Å². The normalized spacial score (nSPS) is 14.9. The zero-order valence-electron chi connectivity index (χ0n) is 15.0. The van der Waals surface area contributed by atoms with Crippen LogP contribution in [0.25, 0.3) is 0 Å². The van der Waals surface area contributed by atoms with Crippen LogP contribution >= 0.6 is 0 Å². The molecule has 144 valence electrons. The van der Waals surface area contributed by atoms with Crippen molar-refractivity contribution in [2.24, 2.45) is 0 Å². The monoisotopic (exact) mass is 393 g/mol. The fraction of sp³-hybridized carbons (Fsp3) is 0.333. The number of benzene rings is 1. The molecule has 1 aromatic heterocycles. The Balaban J connectivity index is 1.62. The maximum atomic E-state index is 12.9. The Morgan fingerprint density at radius 2 is 1.85 bits per heavy atom. The number of H-pyrrole nitrogens is 1. The number of likely N-dealkylation sites (N-methyl/N-ethyl adjacent to an activating group) is 1. The average molecular weight is 393 g/mol. The molecule has 0 saturated carbocycles. The minimum atomic E-state index is -3.47. The standard InChI is InChI=1S/C18H21FN4O3S/c1-22(13-18(24)21-15-6-4-14(19)5-7-15)17-9-8-16(12-20-17)27(25,26)23-10-2-3-11-23/h4-9,12H,2-3,10-11,13H2,1H3,(H,21,24)/p+1. The van der Waals surface area contributed by atoms with Gasteiger partial charge in [0.25, 0.3) is 11.7 Å². The molecule has 1 aromatic carbocycles. The molecular weight excluding hydrogens is 371 g/mol. The van der Waals surface area contributed by atoms with Crippen molar-refractivity contribution in [2.45, 2.75) is 17.7 Å². The number of aromatic nitrogens is 1. The van der Waals surface area contributed by atoms with Gasteiger partial charge in [0.15, 0.2) is 6.54 Å². The van der Waals surface area contributed by atoms with Gasteiger partial charge in [-0.3, -0.25) is 9.69 Å². The van der Waals surface area contributed by atoms with E-state index in [1.54, 1.807) is 18.0 Å². The summed E-state index contributed by atoms with van der Waals surface area (Å²) in [6.45, 7) is 1.15. The van der Waals surface area contributed by atoms with E-state index < -0.39 is 10.0 Å². The van der Waals surface area contributed by atoms with Crippen molar-refractivity contribution >= 4 is 27.4 Å². The van der Waals surface area contributed by atoms with Crippen LogP contribution in [0.1, 0.15) is 12.8 Å². The Morgan fingerprint density at radius 1 is 1.19 bits per heavy atom. The van der Waals surface area contributed by atoms with E-state index in [-0.39, 0.29) is 23.2 Å². The summed E-state index contributed by atoms with van der Waals surface area (Å²) >= 11 is 0. The number of amides is 1. The molecule has 0 radical (unpaired) electrons. The molecule has 0 aliphatic carbocycles. The predicted molar refractivity (Wildman–Crippen MR) is 99.3 cm³/mol. The molecule has 1 amide bonds. The van der Waals surface area contributed by atoms with Gasteiger partial charge in [0, 0.05) is 24.8 Å². The number of rotatable bonds is 6. The molecule has 0 spiro atoms. The van der Waals surface area contributed by atoms with Crippen molar-refractivity contribution in [2.75, 3.05) is 36.9 Å². The molecule has 1 aliphatic heterocycles. The number of nitrogens with one attached hydrogen (secondary N) is 2. The summed E-state index contributed by atoms with van der Waals surface area (Å²) in [6, 6.07) is 8.68. The number of carbonyl (C=O) groups is 1. The first-order valence-electron chi connectivity index (χ1n) is 8.65. The van der Waals surface area contributed by atoms with Crippen molar-refractivity contribution in [3.63, 3.8) is 0 Å². The van der Waals surface area contributed by atoms with Gasteiger partial charge < -0.3 is 5.32 Å². The quantitative estimate of drug-likeness (QED) is 0.806. The second-order valence-electron chi connectivity index (χ2n) is 6.43. The fourth-order valence-corrected chi connectivity index (χ4v) is 4.40. The van der Waals surface area contributed by atoms with E-state index in [1.165, 1.54) is 40.8 Å². The van der Waals surface area contributed by atoms with E-state index in [1.807, 2.05) is 0 Å². The lowest BCUT2D eigenvalue weighted by Crippen LogP contribution is -2.34. The SMILES string of the molecule is CN(CC(=O)Nc1ccc(F)cc1)c1ccc(S(=O)(=O)N2CCCC2)c[nH+]1. The number of hydrogen-bond acceptors (Lipinski definition) is 4. The maximum Gasteiger partial charge on any atom is 0.274 e. The van der Waals surface area contributed by atoms with Crippen molar-refractivity contribution in [3.05, 3.63) is 48.4 Å². The number of carbonyl (C=O) groups excluding carboxylic acids is 1. The van der Waals surface area contributed by atoms with Crippen molar-refractivity contribution in [3.8, 4) is 0 Å². The molecule has 2 N–H and O–H groups in total. The lowest BCUT2D eigenvalue weighted by Gasteiger charge is -2.15. The first kappa shape index (κ1) is 19.2. The van der Waals surface area contributed by atoms with E-state index in [0.29, 0.717) is 24.6 Å². The summed E-state index contributed by atoms with van der Waals surface area (Å²) in [5.41, 5.74) is 0.505. The van der Waals surface area contributed by atoms with Crippen LogP contribution in [0.3, 0.4) is 0 Å². The van der Waals surface area contributed by atoms with E-state index in [0.717, 1.165) is 12.8 Å². The van der Waals surface area contributed by atoms with Crippen molar-refractivity contribution in [1.82, 2.24) is 4.31 Å². The molecule has 1 saturated heterocycles. The molecular formula is C18H22FN4O3S+. The highest BCUT2D eigenvalue weighted by molar-refractivity contribution is 7.89. The van der Waals surface area contributed by atoms with Crippen LogP contribution in [0.2, 0.25) is 0 Å². The smallest absolute Gasteiger partial charge is 0.274 e. The van der Waals surface area contributed by atoms with Gasteiger partial charge in [-0.1, -0.05) is 0 Å². The number of aromatic amines is 1. The zero-order chi connectivity index (χ0) is 19.4. The maximum absolute atomic E-state index is 12.9. The van der Waals surface area contributed by atoms with Crippen LogP contribution < -0.4 is 15.2 Å². The molecule has 3 rings (SSSR count). The molecule has 1 fully saturated rings. The van der Waals surface area contributed by atoms with Gasteiger partial charge in [-0.05, 0) is 43.2 Å². The number of hydrogen-bond donors (Lipinski definition) is 1. The summed E-state index contributed by atoms with van der Waals surface area (Å²) in [4.78, 5) is 16.9. The van der Waals surface area contributed by atoms with Gasteiger partial charge in [0.2, 0.25) is 10.0 Å². The molecule has 9 heteroatoms. The third kappa shape index (κ3) is 4.61. The summed E-state index contributed by atoms with van der Waals surface area (Å²) in [7, 11) is -1.76. The number of anilines is 2. The molecule has 1 aliphatic rings. The van der Waals surface area contributed by atoms with Gasteiger partial charge in [0.05, 0.1) is 7.05 Å². The number of halogens is 1. The number of sulfonamides is 1. The highest BCUT2D eigenvalue weighted by atomic mass is 32.2. The Bertz CT molecular complexity index is 895. The highest BCUT2D eigenvalue weighted by Gasteiger charge is 2.28. The molecule has 0 bridgehead atoms. The first-order chi connectivity index (χ1) is 12.9. The summed E-state index contributed by atoms with van der Waals surface area (Å²) in [5.74, 6) is -0.0420. The van der Waals surface area contributed by atoms with Crippen LogP contribution in [-0.4, -0.2) is 45.3 Å². The van der Waals surface area contributed by atoms with Gasteiger partial charge >= 0.3 is 0 Å². The summed E-state index contributed by atoms with van der Waals surface area (Å²) in [6.07, 6.45) is 3.21. The predicted octanol–water partition coefficient (Wildman–Crippen LogP) is 1.50. The van der Waals surface area contributed by atoms with Crippen LogP contribution in [0.5, 0.6) is 0 Å². The van der Waals surface area contributed by atoms with Crippen LogP contribution in [-0.2, 0) is 14.8 Å².